The Morgan fingerprint density at radius 3 is 2.75 bits per heavy atom. The van der Waals surface area contributed by atoms with Gasteiger partial charge in [0.15, 0.2) is 5.75 Å². The number of carbonyl (C=O) groups excluding carboxylic acids is 1. The van der Waals surface area contributed by atoms with Crippen LogP contribution in [0.15, 0.2) is 35.3 Å². The number of benzene rings is 1. The minimum atomic E-state index is -0.543. The number of aliphatic imine (C=N–C) groups is 1. The van der Waals surface area contributed by atoms with Gasteiger partial charge < -0.3 is 14.8 Å². The lowest BCUT2D eigenvalue weighted by Crippen LogP contribution is -2.05. The van der Waals surface area contributed by atoms with Crippen molar-refractivity contribution in [3.8, 4) is 5.75 Å². The van der Waals surface area contributed by atoms with Crippen LogP contribution < -0.4 is 0 Å². The van der Waals surface area contributed by atoms with Crippen molar-refractivity contribution < 1.29 is 14.6 Å². The zero-order chi connectivity index (χ0) is 14.5. The largest absolute Gasteiger partial charge is 0.505 e. The molecule has 1 aromatic carbocycles. The third-order valence-corrected chi connectivity index (χ3v) is 2.77. The molecule has 0 radical (unpaired) electrons. The fourth-order valence-corrected chi connectivity index (χ4v) is 1.84. The summed E-state index contributed by atoms with van der Waals surface area (Å²) < 4.78 is 4.90. The highest BCUT2D eigenvalue weighted by molar-refractivity contribution is 5.98. The van der Waals surface area contributed by atoms with Crippen LogP contribution in [-0.4, -0.2) is 28.9 Å². The summed E-state index contributed by atoms with van der Waals surface area (Å²) >= 11 is 0. The molecule has 0 amide bonds. The molecule has 0 atom stereocenters. The molecule has 1 aromatic heterocycles. The van der Waals surface area contributed by atoms with Gasteiger partial charge in [-0.2, -0.15) is 0 Å². The van der Waals surface area contributed by atoms with E-state index in [2.05, 4.69) is 9.98 Å². The number of rotatable bonds is 4. The summed E-state index contributed by atoms with van der Waals surface area (Å²) in [5.41, 5.74) is 1.85. The average molecular weight is 272 g/mol. The van der Waals surface area contributed by atoms with E-state index in [4.69, 9.17) is 4.74 Å². The number of hydrogen-bond donors (Lipinski definition) is 2. The Kier molecular flexibility index (Phi) is 4.20. The normalized spacial score (nSPS) is 10.9. The number of para-hydroxylation sites is 1. The number of nitrogens with one attached hydrogen (secondary N) is 1. The summed E-state index contributed by atoms with van der Waals surface area (Å²) in [6, 6.07) is 9.33. The lowest BCUT2D eigenvalue weighted by molar-refractivity contribution is 0.0522. The number of carbonyl (C=O) groups is 1. The molecule has 0 aliphatic heterocycles. The molecule has 0 aliphatic rings. The second-order valence-electron chi connectivity index (χ2n) is 4.20. The first-order valence-electron chi connectivity index (χ1n) is 6.31. The van der Waals surface area contributed by atoms with Gasteiger partial charge in [-0.05, 0) is 26.0 Å². The summed E-state index contributed by atoms with van der Waals surface area (Å²) in [4.78, 5) is 18.9. The molecular weight excluding hydrogens is 256 g/mol. The zero-order valence-electron chi connectivity index (χ0n) is 11.4. The van der Waals surface area contributed by atoms with Gasteiger partial charge in [0.2, 0.25) is 0 Å². The number of hydrogen-bond acceptors (Lipinski definition) is 4. The molecule has 2 rings (SSSR count). The van der Waals surface area contributed by atoms with Crippen molar-refractivity contribution >= 4 is 17.9 Å². The van der Waals surface area contributed by atoms with E-state index in [9.17, 15) is 9.90 Å². The van der Waals surface area contributed by atoms with Crippen molar-refractivity contribution in [1.29, 1.82) is 0 Å². The monoisotopic (exact) mass is 272 g/mol. The van der Waals surface area contributed by atoms with E-state index in [0.717, 1.165) is 5.69 Å². The number of nitrogens with zero attached hydrogens (tertiary/aromatic N) is 1. The quantitative estimate of drug-likeness (QED) is 0.663. The van der Waals surface area contributed by atoms with E-state index in [-0.39, 0.29) is 17.9 Å². The average Bonchev–Trinajstić information content (AvgIpc) is 2.72. The van der Waals surface area contributed by atoms with Crippen LogP contribution in [0.2, 0.25) is 0 Å². The number of H-pyrrole nitrogens is 1. The lowest BCUT2D eigenvalue weighted by Gasteiger charge is -2.00. The topological polar surface area (TPSA) is 74.7 Å². The van der Waals surface area contributed by atoms with E-state index in [1.165, 1.54) is 6.21 Å². The van der Waals surface area contributed by atoms with Gasteiger partial charge in [-0.15, -0.1) is 0 Å². The van der Waals surface area contributed by atoms with E-state index in [1.54, 1.807) is 13.8 Å². The lowest BCUT2D eigenvalue weighted by atomic mass is 10.2. The van der Waals surface area contributed by atoms with Gasteiger partial charge in [0.1, 0.15) is 11.3 Å². The van der Waals surface area contributed by atoms with Crippen molar-refractivity contribution in [2.24, 2.45) is 4.99 Å². The van der Waals surface area contributed by atoms with Crippen LogP contribution in [0.1, 0.15) is 28.7 Å². The summed E-state index contributed by atoms with van der Waals surface area (Å²) in [5.74, 6) is -0.682. The molecule has 0 unspecified atom stereocenters. The van der Waals surface area contributed by atoms with Crippen LogP contribution >= 0.6 is 0 Å². The second-order valence-corrected chi connectivity index (χ2v) is 4.20. The summed E-state index contributed by atoms with van der Waals surface area (Å²) in [7, 11) is 0. The standard InChI is InChI=1S/C15H16N2O3/c1-3-20-15(19)13-10(2)17-12(14(13)18)9-16-11-7-5-4-6-8-11/h4-9,17-18H,3H2,1-2H3. The van der Waals surface area contributed by atoms with Crippen LogP contribution in [0, 0.1) is 6.92 Å². The summed E-state index contributed by atoms with van der Waals surface area (Å²) in [5, 5.41) is 10.1. The maximum Gasteiger partial charge on any atom is 0.343 e. The first-order valence-corrected chi connectivity index (χ1v) is 6.31. The molecule has 1 heterocycles. The molecule has 0 saturated heterocycles. The molecule has 0 saturated carbocycles. The highest BCUT2D eigenvalue weighted by Crippen LogP contribution is 2.26. The Morgan fingerprint density at radius 2 is 2.10 bits per heavy atom. The number of aromatic amines is 1. The minimum Gasteiger partial charge on any atom is -0.505 e. The van der Waals surface area contributed by atoms with Gasteiger partial charge in [0, 0.05) is 5.69 Å². The second kappa shape index (κ2) is 6.06. The Bertz CT molecular complexity index is 630. The van der Waals surface area contributed by atoms with Crippen LogP contribution in [0.3, 0.4) is 0 Å². The van der Waals surface area contributed by atoms with Gasteiger partial charge in [-0.3, -0.25) is 4.99 Å². The SMILES string of the molecule is CCOC(=O)c1c(C)[nH]c(C=Nc2ccccc2)c1O. The highest BCUT2D eigenvalue weighted by atomic mass is 16.5. The minimum absolute atomic E-state index is 0.138. The third kappa shape index (κ3) is 2.88. The number of aryl methyl sites for hydroxylation is 1. The first-order chi connectivity index (χ1) is 9.63. The number of esters is 1. The number of aromatic hydroxyl groups is 1. The number of ether oxygens (including phenoxy) is 1. The molecule has 20 heavy (non-hydrogen) atoms. The summed E-state index contributed by atoms with van der Waals surface area (Å²) in [6.07, 6.45) is 1.49. The Morgan fingerprint density at radius 1 is 1.40 bits per heavy atom. The van der Waals surface area contributed by atoms with Gasteiger partial charge in [0.25, 0.3) is 0 Å². The Hall–Kier alpha value is -2.56. The van der Waals surface area contributed by atoms with Gasteiger partial charge in [-0.1, -0.05) is 18.2 Å². The van der Waals surface area contributed by atoms with Crippen molar-refractivity contribution in [3.05, 3.63) is 47.3 Å². The fourth-order valence-electron chi connectivity index (χ4n) is 1.84. The molecule has 5 nitrogen and oxygen atoms in total. The van der Waals surface area contributed by atoms with E-state index in [1.807, 2.05) is 30.3 Å². The molecule has 0 bridgehead atoms. The molecule has 0 spiro atoms. The van der Waals surface area contributed by atoms with Crippen LogP contribution in [-0.2, 0) is 4.74 Å². The third-order valence-electron chi connectivity index (χ3n) is 2.77. The van der Waals surface area contributed by atoms with Gasteiger partial charge in [0.05, 0.1) is 18.5 Å². The smallest absolute Gasteiger partial charge is 0.343 e. The predicted molar refractivity (Wildman–Crippen MR) is 76.8 cm³/mol. The highest BCUT2D eigenvalue weighted by Gasteiger charge is 2.20. The molecule has 0 aliphatic carbocycles. The first kappa shape index (κ1) is 13.9. The summed E-state index contributed by atoms with van der Waals surface area (Å²) in [6.45, 7) is 3.68. The van der Waals surface area contributed by atoms with Crippen molar-refractivity contribution in [2.75, 3.05) is 6.61 Å². The van der Waals surface area contributed by atoms with Crippen molar-refractivity contribution in [3.63, 3.8) is 0 Å². The molecule has 2 aromatic rings. The maximum absolute atomic E-state index is 11.7. The van der Waals surface area contributed by atoms with E-state index < -0.39 is 5.97 Å². The van der Waals surface area contributed by atoms with Crippen molar-refractivity contribution in [2.45, 2.75) is 13.8 Å². The zero-order valence-corrected chi connectivity index (χ0v) is 11.4. The maximum atomic E-state index is 11.7. The molecule has 104 valence electrons. The van der Waals surface area contributed by atoms with Crippen LogP contribution in [0.5, 0.6) is 5.75 Å². The molecular formula is C15H16N2O3. The van der Waals surface area contributed by atoms with E-state index >= 15 is 0 Å². The molecule has 2 N–H and O–H groups in total. The molecule has 5 heteroatoms. The fraction of sp³-hybridized carbons (Fsp3) is 0.200. The Labute approximate surface area is 116 Å². The van der Waals surface area contributed by atoms with Gasteiger partial charge >= 0.3 is 5.97 Å². The van der Waals surface area contributed by atoms with Gasteiger partial charge in [-0.25, -0.2) is 4.79 Å². The van der Waals surface area contributed by atoms with Crippen molar-refractivity contribution in [1.82, 2.24) is 4.98 Å². The predicted octanol–water partition coefficient (Wildman–Crippen LogP) is 2.96. The van der Waals surface area contributed by atoms with E-state index in [0.29, 0.717) is 11.4 Å². The van der Waals surface area contributed by atoms with Crippen LogP contribution in [0.4, 0.5) is 5.69 Å². The number of aromatic nitrogens is 1. The molecule has 0 fully saturated rings. The Balaban J connectivity index is 2.28. The van der Waals surface area contributed by atoms with Crippen LogP contribution in [0.25, 0.3) is 0 Å².